The third-order valence-electron chi connectivity index (χ3n) is 10.3. The molecule has 5 aromatic rings. The predicted molar refractivity (Wildman–Crippen MR) is 208 cm³/mol. The Morgan fingerprint density at radius 3 is 2.55 bits per heavy atom. The van der Waals surface area contributed by atoms with E-state index in [1.807, 2.05) is 4.72 Å². The number of amides is 1. The van der Waals surface area contributed by atoms with E-state index in [0.29, 0.717) is 45.1 Å². The number of thiophene rings is 1. The molecule has 1 saturated heterocycles. The van der Waals surface area contributed by atoms with Crippen molar-refractivity contribution in [1.29, 1.82) is 5.26 Å². The quantitative estimate of drug-likeness (QED) is 0.140. The zero-order chi connectivity index (χ0) is 41.7. The number of halogens is 6. The summed E-state index contributed by atoms with van der Waals surface area (Å²) in [5.74, 6) is 2.51. The van der Waals surface area contributed by atoms with Crippen LogP contribution < -0.4 is 15.2 Å². The number of hydrogen-bond acceptors (Lipinski definition) is 11. The molecule has 12 nitrogen and oxygen atoms in total. The van der Waals surface area contributed by atoms with Crippen LogP contribution in [0.15, 0.2) is 46.8 Å². The number of carbonyl (C=O) groups excluding carboxylic acids is 1. The van der Waals surface area contributed by atoms with Crippen LogP contribution in [0, 0.1) is 30.1 Å². The number of nitrogens with one attached hydrogen (secondary N) is 1. The van der Waals surface area contributed by atoms with Gasteiger partial charge in [0.1, 0.15) is 23.3 Å². The van der Waals surface area contributed by atoms with Crippen LogP contribution in [0.3, 0.4) is 0 Å². The fourth-order valence-corrected chi connectivity index (χ4v) is 9.89. The van der Waals surface area contributed by atoms with Crippen LogP contribution in [0.1, 0.15) is 53.0 Å². The third-order valence-corrected chi connectivity index (χ3v) is 13.2. The van der Waals surface area contributed by atoms with Crippen LogP contribution in [0.25, 0.3) is 32.2 Å². The molecule has 2 fully saturated rings. The molecule has 1 aliphatic carbocycles. The molecule has 1 saturated carbocycles. The number of nitriles is 1. The Bertz CT molecular complexity index is 2740. The number of nitrogens with zero attached hydrogens (tertiary/aromatic N) is 7. The normalized spacial score (nSPS) is 16.4. The first kappa shape index (κ1) is 41.0. The molecular weight excluding hydrogens is 827 g/mol. The number of piperidine rings is 1. The first-order valence-electron chi connectivity index (χ1n) is 17.8. The smallest absolute Gasteiger partial charge is 0.355 e. The van der Waals surface area contributed by atoms with Crippen molar-refractivity contribution in [1.82, 2.24) is 29.1 Å². The van der Waals surface area contributed by atoms with Gasteiger partial charge in [-0.1, -0.05) is 23.4 Å². The summed E-state index contributed by atoms with van der Waals surface area (Å²) < 4.78 is 94.5. The summed E-state index contributed by atoms with van der Waals surface area (Å²) in [5, 5.41) is 10.7. The molecule has 4 aromatic heterocycles. The molecule has 0 spiro atoms. The van der Waals surface area contributed by atoms with Gasteiger partial charge < -0.3 is 4.90 Å². The lowest BCUT2D eigenvalue weighted by atomic mass is 9.94. The van der Waals surface area contributed by atoms with Crippen molar-refractivity contribution < 1.29 is 35.2 Å². The summed E-state index contributed by atoms with van der Waals surface area (Å²) in [4.78, 5) is 43.5. The molecule has 0 radical (unpaired) electrons. The van der Waals surface area contributed by atoms with Crippen LogP contribution in [0.2, 0.25) is 5.02 Å². The van der Waals surface area contributed by atoms with Gasteiger partial charge in [-0.3, -0.25) is 24.0 Å². The molecule has 1 aromatic carbocycles. The Hall–Kier alpha value is -5.21. The maximum atomic E-state index is 14.0. The molecule has 20 heteroatoms. The van der Waals surface area contributed by atoms with Gasteiger partial charge in [0.15, 0.2) is 0 Å². The Morgan fingerprint density at radius 2 is 1.88 bits per heavy atom. The van der Waals surface area contributed by atoms with Gasteiger partial charge in [-0.15, -0.1) is 11.3 Å². The van der Waals surface area contributed by atoms with E-state index in [1.165, 1.54) is 27.2 Å². The SMILES string of the molecule is Cc1nc2cnc(N(C)C3CCN(CC(F)(F)F)CC3)c(C#N)c2c(=O)n1CC#Cc1ccc(Cl)cc1-c1ccnc2c(C(=O)NS(=O)(=O)C3CC(F)(F)C3)csc12. The van der Waals surface area contributed by atoms with Crippen molar-refractivity contribution in [3.63, 3.8) is 0 Å². The van der Waals surface area contributed by atoms with E-state index in [4.69, 9.17) is 11.6 Å². The Balaban J connectivity index is 1.16. The number of fused-ring (bicyclic) bond motifs is 2. The summed E-state index contributed by atoms with van der Waals surface area (Å²) in [5.41, 5.74) is 1.37. The predicted octanol–water partition coefficient (Wildman–Crippen LogP) is 6.27. The molecule has 7 rings (SSSR count). The number of benzene rings is 1. The monoisotopic (exact) mass is 858 g/mol. The first-order valence-corrected chi connectivity index (χ1v) is 20.6. The molecule has 302 valence electrons. The maximum Gasteiger partial charge on any atom is 0.401 e. The van der Waals surface area contributed by atoms with Crippen molar-refractivity contribution in [2.75, 3.05) is 31.6 Å². The second-order valence-electron chi connectivity index (χ2n) is 14.2. The van der Waals surface area contributed by atoms with Crippen molar-refractivity contribution in [3.8, 4) is 29.0 Å². The molecule has 0 unspecified atom stereocenters. The van der Waals surface area contributed by atoms with Crippen LogP contribution in [-0.4, -0.2) is 88.8 Å². The maximum absolute atomic E-state index is 14.0. The number of rotatable bonds is 8. The van der Waals surface area contributed by atoms with Crippen LogP contribution in [0.4, 0.5) is 27.8 Å². The zero-order valence-electron chi connectivity index (χ0n) is 30.7. The highest BCUT2D eigenvalue weighted by Crippen LogP contribution is 2.41. The number of aryl methyl sites for hydroxylation is 1. The molecule has 5 heterocycles. The van der Waals surface area contributed by atoms with Gasteiger partial charge in [-0.25, -0.2) is 31.9 Å². The minimum absolute atomic E-state index is 0.00944. The first-order chi connectivity index (χ1) is 27.4. The van der Waals surface area contributed by atoms with Crippen LogP contribution in [0.5, 0.6) is 0 Å². The molecule has 0 bridgehead atoms. The van der Waals surface area contributed by atoms with E-state index < -0.39 is 58.2 Å². The van der Waals surface area contributed by atoms with E-state index in [1.54, 1.807) is 43.1 Å². The molecule has 1 amide bonds. The lowest BCUT2D eigenvalue weighted by Crippen LogP contribution is -2.50. The Morgan fingerprint density at radius 1 is 1.16 bits per heavy atom. The topological polar surface area (TPSA) is 154 Å². The van der Waals surface area contributed by atoms with E-state index in [2.05, 4.69) is 32.9 Å². The summed E-state index contributed by atoms with van der Waals surface area (Å²) in [6.45, 7) is 0.903. The van der Waals surface area contributed by atoms with Crippen LogP contribution >= 0.6 is 22.9 Å². The second-order valence-corrected chi connectivity index (χ2v) is 17.4. The van der Waals surface area contributed by atoms with Gasteiger partial charge >= 0.3 is 6.18 Å². The highest BCUT2D eigenvalue weighted by molar-refractivity contribution is 7.90. The molecule has 0 atom stereocenters. The van der Waals surface area contributed by atoms with E-state index in [0.717, 1.165) is 11.3 Å². The van der Waals surface area contributed by atoms with Crippen molar-refractivity contribution >= 4 is 65.8 Å². The Kier molecular flexibility index (Phi) is 11.0. The fourth-order valence-electron chi connectivity index (χ4n) is 7.22. The minimum atomic E-state index is -4.35. The summed E-state index contributed by atoms with van der Waals surface area (Å²) >= 11 is 7.52. The largest absolute Gasteiger partial charge is 0.401 e. The number of hydrogen-bond donors (Lipinski definition) is 1. The number of anilines is 1. The molecule has 58 heavy (non-hydrogen) atoms. The van der Waals surface area contributed by atoms with Gasteiger partial charge in [-0.2, -0.15) is 18.4 Å². The van der Waals surface area contributed by atoms with Gasteiger partial charge in [0.25, 0.3) is 17.4 Å². The summed E-state index contributed by atoms with van der Waals surface area (Å²) in [6.07, 6.45) is -2.42. The van der Waals surface area contributed by atoms with Gasteiger partial charge in [0.2, 0.25) is 10.0 Å². The van der Waals surface area contributed by atoms with Crippen molar-refractivity contribution in [2.24, 2.45) is 0 Å². The number of carbonyl (C=O) groups is 1. The number of likely N-dealkylation sites (tertiary alicyclic amines) is 1. The molecule has 1 aliphatic heterocycles. The Labute approximate surface area is 337 Å². The second kappa shape index (κ2) is 15.5. The van der Waals surface area contributed by atoms with E-state index >= 15 is 0 Å². The highest BCUT2D eigenvalue weighted by atomic mass is 35.5. The van der Waals surface area contributed by atoms with Gasteiger partial charge in [0, 0.05) is 72.3 Å². The number of pyridine rings is 2. The highest BCUT2D eigenvalue weighted by Gasteiger charge is 2.52. The van der Waals surface area contributed by atoms with Crippen LogP contribution in [-0.2, 0) is 16.6 Å². The summed E-state index contributed by atoms with van der Waals surface area (Å²) in [7, 11) is -2.66. The molecule has 1 N–H and O–H groups in total. The average molecular weight is 859 g/mol. The number of sulfonamides is 1. The average Bonchev–Trinajstić information content (AvgIpc) is 3.59. The van der Waals surface area contributed by atoms with Gasteiger partial charge in [0.05, 0.1) is 51.2 Å². The van der Waals surface area contributed by atoms with Gasteiger partial charge in [-0.05, 0) is 44.0 Å². The fraction of sp³-hybridized carbons (Fsp3) is 0.368. The van der Waals surface area contributed by atoms with Crippen molar-refractivity contribution in [3.05, 3.63) is 79.9 Å². The number of alkyl halides is 5. The lowest BCUT2D eigenvalue weighted by Gasteiger charge is -2.37. The molecular formula is C38H32ClF5N8O4S2. The van der Waals surface area contributed by atoms with E-state index in [9.17, 15) is 45.2 Å². The lowest BCUT2D eigenvalue weighted by molar-refractivity contribution is -0.147. The molecule has 2 aliphatic rings. The standard InChI is InChI=1S/C38H32ClF5N8O4S2/c1-21-48-30-18-47-34(50(2)24-8-12-51(13-9-24)20-38(42,43)44)28(17-45)31(30)36(54)52(21)11-3-4-22-5-6-23(39)14-27(22)26-7-10-46-32-29(19-57-33(26)32)35(53)49-58(55,56)25-15-37(40,41)16-25/h5-7,10,14,18-19,24-25H,8-9,11-13,15-16,20H2,1-2H3,(H,49,53). The van der Waals surface area contributed by atoms with E-state index in [-0.39, 0.29) is 59.0 Å². The summed E-state index contributed by atoms with van der Waals surface area (Å²) in [6, 6.07) is 8.49. The minimum Gasteiger partial charge on any atom is -0.355 e. The third kappa shape index (κ3) is 8.22. The zero-order valence-corrected chi connectivity index (χ0v) is 33.1. The van der Waals surface area contributed by atoms with Crippen molar-refractivity contribution in [2.45, 2.75) is 62.5 Å². The number of aromatic nitrogens is 4.